The van der Waals surface area contributed by atoms with Gasteiger partial charge in [-0.1, -0.05) is 13.8 Å². The number of aromatic nitrogens is 2. The Morgan fingerprint density at radius 1 is 1.58 bits per heavy atom. The lowest BCUT2D eigenvalue weighted by Gasteiger charge is -2.37. The van der Waals surface area contributed by atoms with Gasteiger partial charge in [0.15, 0.2) is 0 Å². The Bertz CT molecular complexity index is 454. The maximum atomic E-state index is 12.5. The summed E-state index contributed by atoms with van der Waals surface area (Å²) in [7, 11) is 1.83. The number of nitrogens with one attached hydrogen (secondary N) is 1. The minimum absolute atomic E-state index is 0.102. The van der Waals surface area contributed by atoms with Gasteiger partial charge in [-0.3, -0.25) is 9.48 Å². The second-order valence-electron chi connectivity index (χ2n) is 5.48. The maximum Gasteiger partial charge on any atom is 0.272 e. The van der Waals surface area contributed by atoms with E-state index in [0.717, 1.165) is 31.7 Å². The van der Waals surface area contributed by atoms with Crippen LogP contribution in [0.5, 0.6) is 0 Å². The van der Waals surface area contributed by atoms with Crippen molar-refractivity contribution in [2.75, 3.05) is 19.6 Å². The zero-order valence-electron chi connectivity index (χ0n) is 12.3. The van der Waals surface area contributed by atoms with E-state index >= 15 is 0 Å². The van der Waals surface area contributed by atoms with Crippen LogP contribution in [0.4, 0.5) is 0 Å². The van der Waals surface area contributed by atoms with E-state index in [1.807, 2.05) is 24.9 Å². The van der Waals surface area contributed by atoms with Crippen LogP contribution < -0.4 is 5.32 Å². The van der Waals surface area contributed by atoms with Gasteiger partial charge in [-0.05, 0) is 31.9 Å². The lowest BCUT2D eigenvalue weighted by molar-refractivity contribution is 0.0635. The molecule has 5 nitrogen and oxygen atoms in total. The Balaban J connectivity index is 2.04. The number of piperidine rings is 1. The molecule has 1 saturated heterocycles. The second-order valence-corrected chi connectivity index (χ2v) is 5.48. The largest absolute Gasteiger partial charge is 0.337 e. The molecule has 1 aromatic heterocycles. The van der Waals surface area contributed by atoms with Crippen LogP contribution in [0.15, 0.2) is 6.07 Å². The molecule has 19 heavy (non-hydrogen) atoms. The monoisotopic (exact) mass is 264 g/mol. The zero-order chi connectivity index (χ0) is 14.0. The molecule has 0 spiro atoms. The molecule has 5 heteroatoms. The fourth-order valence-corrected chi connectivity index (χ4v) is 2.87. The summed E-state index contributed by atoms with van der Waals surface area (Å²) in [5.74, 6) is 0.594. The molecule has 1 N–H and O–H groups in total. The molecule has 1 amide bonds. The molecule has 2 unspecified atom stereocenters. The van der Waals surface area contributed by atoms with E-state index in [0.29, 0.717) is 17.7 Å². The highest BCUT2D eigenvalue weighted by Gasteiger charge is 2.29. The molecule has 2 heterocycles. The highest BCUT2D eigenvalue weighted by molar-refractivity contribution is 5.92. The van der Waals surface area contributed by atoms with Gasteiger partial charge in [-0.25, -0.2) is 0 Å². The molecule has 1 aliphatic heterocycles. The SMILES string of the molecule is CCNC1CCN(C(=O)c2cc(C)nn2C)CC1C. The first-order valence-electron chi connectivity index (χ1n) is 7.06. The average Bonchev–Trinajstić information content (AvgIpc) is 2.70. The number of rotatable bonds is 3. The number of aryl methyl sites for hydroxylation is 2. The summed E-state index contributed by atoms with van der Waals surface area (Å²) in [6.45, 7) is 8.89. The highest BCUT2D eigenvalue weighted by atomic mass is 16.2. The normalized spacial score (nSPS) is 23.7. The lowest BCUT2D eigenvalue weighted by Crippen LogP contribution is -2.50. The Morgan fingerprint density at radius 3 is 2.84 bits per heavy atom. The van der Waals surface area contributed by atoms with Crippen molar-refractivity contribution in [3.05, 3.63) is 17.5 Å². The smallest absolute Gasteiger partial charge is 0.272 e. The topological polar surface area (TPSA) is 50.2 Å². The van der Waals surface area contributed by atoms with Crippen molar-refractivity contribution in [2.24, 2.45) is 13.0 Å². The van der Waals surface area contributed by atoms with Gasteiger partial charge in [0.1, 0.15) is 5.69 Å². The third-order valence-electron chi connectivity index (χ3n) is 3.88. The number of carbonyl (C=O) groups is 1. The Kier molecular flexibility index (Phi) is 4.24. The molecule has 0 aliphatic carbocycles. The molecule has 0 saturated carbocycles. The van der Waals surface area contributed by atoms with E-state index in [4.69, 9.17) is 0 Å². The first-order chi connectivity index (χ1) is 9.02. The average molecular weight is 264 g/mol. The van der Waals surface area contributed by atoms with Crippen LogP contribution in [0.2, 0.25) is 0 Å². The quantitative estimate of drug-likeness (QED) is 0.892. The van der Waals surface area contributed by atoms with Crippen LogP contribution in [0.25, 0.3) is 0 Å². The summed E-state index contributed by atoms with van der Waals surface area (Å²) < 4.78 is 1.68. The molecule has 0 bridgehead atoms. The van der Waals surface area contributed by atoms with Gasteiger partial charge in [-0.15, -0.1) is 0 Å². The molecule has 1 fully saturated rings. The fraction of sp³-hybridized carbons (Fsp3) is 0.714. The number of carbonyl (C=O) groups excluding carboxylic acids is 1. The van der Waals surface area contributed by atoms with E-state index in [2.05, 4.69) is 24.3 Å². The van der Waals surface area contributed by atoms with Crippen LogP contribution in [0.1, 0.15) is 36.5 Å². The zero-order valence-corrected chi connectivity index (χ0v) is 12.3. The predicted molar refractivity (Wildman–Crippen MR) is 75.1 cm³/mol. The molecular weight excluding hydrogens is 240 g/mol. The standard InChI is InChI=1S/C14H24N4O/c1-5-15-12-6-7-18(9-10(12)2)14(19)13-8-11(3)16-17(13)4/h8,10,12,15H,5-7,9H2,1-4H3. The molecule has 2 rings (SSSR count). The molecule has 0 aromatic carbocycles. The summed E-state index contributed by atoms with van der Waals surface area (Å²) in [6.07, 6.45) is 1.03. The van der Waals surface area contributed by atoms with E-state index in [1.165, 1.54) is 0 Å². The molecular formula is C14H24N4O. The van der Waals surface area contributed by atoms with Crippen LogP contribution in [0.3, 0.4) is 0 Å². The number of hydrogen-bond acceptors (Lipinski definition) is 3. The van der Waals surface area contributed by atoms with Crippen LogP contribution in [0, 0.1) is 12.8 Å². The molecule has 1 aromatic rings. The maximum absolute atomic E-state index is 12.5. The van der Waals surface area contributed by atoms with Crippen molar-refractivity contribution in [3.63, 3.8) is 0 Å². The Morgan fingerprint density at radius 2 is 2.32 bits per heavy atom. The van der Waals surface area contributed by atoms with Gasteiger partial charge in [0.25, 0.3) is 5.91 Å². The molecule has 106 valence electrons. The number of nitrogens with zero attached hydrogens (tertiary/aromatic N) is 3. The van der Waals surface area contributed by atoms with Gasteiger partial charge >= 0.3 is 0 Å². The third kappa shape index (κ3) is 2.97. The van der Waals surface area contributed by atoms with Crippen LogP contribution >= 0.6 is 0 Å². The number of hydrogen-bond donors (Lipinski definition) is 1. The minimum atomic E-state index is 0.102. The number of amides is 1. The number of likely N-dealkylation sites (tertiary alicyclic amines) is 1. The van der Waals surface area contributed by atoms with Gasteiger partial charge in [-0.2, -0.15) is 5.10 Å². The predicted octanol–water partition coefficient (Wildman–Crippen LogP) is 1.19. The lowest BCUT2D eigenvalue weighted by atomic mass is 9.93. The van der Waals surface area contributed by atoms with Crippen molar-refractivity contribution in [2.45, 2.75) is 33.2 Å². The van der Waals surface area contributed by atoms with E-state index in [1.54, 1.807) is 4.68 Å². The van der Waals surface area contributed by atoms with Gasteiger partial charge in [0.05, 0.1) is 5.69 Å². The van der Waals surface area contributed by atoms with Crippen molar-refractivity contribution in [1.29, 1.82) is 0 Å². The summed E-state index contributed by atoms with van der Waals surface area (Å²) in [5, 5.41) is 7.74. The van der Waals surface area contributed by atoms with Gasteiger partial charge in [0, 0.05) is 26.2 Å². The Hall–Kier alpha value is -1.36. The Labute approximate surface area is 115 Å². The third-order valence-corrected chi connectivity index (χ3v) is 3.88. The second kappa shape index (κ2) is 5.74. The first kappa shape index (κ1) is 14.1. The van der Waals surface area contributed by atoms with Crippen molar-refractivity contribution in [3.8, 4) is 0 Å². The summed E-state index contributed by atoms with van der Waals surface area (Å²) in [6, 6.07) is 2.39. The molecule has 0 radical (unpaired) electrons. The van der Waals surface area contributed by atoms with E-state index in [-0.39, 0.29) is 5.91 Å². The van der Waals surface area contributed by atoms with Crippen molar-refractivity contribution < 1.29 is 4.79 Å². The summed E-state index contributed by atoms with van der Waals surface area (Å²) >= 11 is 0. The van der Waals surface area contributed by atoms with Crippen molar-refractivity contribution in [1.82, 2.24) is 20.0 Å². The molecule has 1 aliphatic rings. The van der Waals surface area contributed by atoms with E-state index in [9.17, 15) is 4.79 Å². The van der Waals surface area contributed by atoms with Crippen LogP contribution in [-0.4, -0.2) is 46.3 Å². The van der Waals surface area contributed by atoms with E-state index < -0.39 is 0 Å². The summed E-state index contributed by atoms with van der Waals surface area (Å²) in [5.41, 5.74) is 1.58. The minimum Gasteiger partial charge on any atom is -0.337 e. The molecule has 2 atom stereocenters. The summed E-state index contributed by atoms with van der Waals surface area (Å²) in [4.78, 5) is 14.4. The fourth-order valence-electron chi connectivity index (χ4n) is 2.87. The highest BCUT2D eigenvalue weighted by Crippen LogP contribution is 2.19. The van der Waals surface area contributed by atoms with Gasteiger partial charge < -0.3 is 10.2 Å². The van der Waals surface area contributed by atoms with Crippen molar-refractivity contribution >= 4 is 5.91 Å². The first-order valence-corrected chi connectivity index (χ1v) is 7.06. The van der Waals surface area contributed by atoms with Gasteiger partial charge in [0.2, 0.25) is 0 Å². The van der Waals surface area contributed by atoms with Crippen LogP contribution in [-0.2, 0) is 7.05 Å².